The smallest absolute Gasteiger partial charge is 0.206 e. The third-order valence-electron chi connectivity index (χ3n) is 4.46. The maximum Gasteiger partial charge on any atom is 0.206 e. The Hall–Kier alpha value is -2.93. The highest BCUT2D eigenvalue weighted by atomic mass is 79.9. The summed E-state index contributed by atoms with van der Waals surface area (Å²) >= 11 is 3.49. The van der Waals surface area contributed by atoms with Crippen molar-refractivity contribution in [2.75, 3.05) is 5.73 Å². The van der Waals surface area contributed by atoms with E-state index in [4.69, 9.17) is 5.73 Å². The summed E-state index contributed by atoms with van der Waals surface area (Å²) in [6.07, 6.45) is 6.00. The van der Waals surface area contributed by atoms with Crippen LogP contribution in [0.2, 0.25) is 0 Å². The molecule has 0 atom stereocenters. The van der Waals surface area contributed by atoms with Gasteiger partial charge in [-0.25, -0.2) is 14.4 Å². The van der Waals surface area contributed by atoms with Crippen molar-refractivity contribution < 1.29 is 4.39 Å². The van der Waals surface area contributed by atoms with E-state index in [-0.39, 0.29) is 11.5 Å². The molecule has 0 bridgehead atoms. The van der Waals surface area contributed by atoms with Crippen molar-refractivity contribution >= 4 is 49.2 Å². The van der Waals surface area contributed by atoms with Gasteiger partial charge in [-0.2, -0.15) is 0 Å². The Labute approximate surface area is 156 Å². The molecule has 7 heteroatoms. The van der Waals surface area contributed by atoms with Crippen LogP contribution in [0.1, 0.15) is 5.69 Å². The van der Waals surface area contributed by atoms with E-state index >= 15 is 0 Å². The number of nitrogens with zero attached hydrogens (tertiary/aromatic N) is 4. The second kappa shape index (κ2) is 5.54. The lowest BCUT2D eigenvalue weighted by Gasteiger charge is -2.03. The average molecular weight is 410 g/mol. The van der Waals surface area contributed by atoms with Gasteiger partial charge in [0, 0.05) is 33.8 Å². The molecule has 0 saturated heterocycles. The predicted molar refractivity (Wildman–Crippen MR) is 104 cm³/mol. The van der Waals surface area contributed by atoms with Gasteiger partial charge in [-0.1, -0.05) is 28.1 Å². The number of halogens is 2. The maximum atomic E-state index is 14.0. The van der Waals surface area contributed by atoms with Crippen molar-refractivity contribution in [1.29, 1.82) is 0 Å². The molecule has 0 saturated carbocycles. The van der Waals surface area contributed by atoms with Gasteiger partial charge in [0.1, 0.15) is 17.0 Å². The fourth-order valence-corrected chi connectivity index (χ4v) is 3.67. The van der Waals surface area contributed by atoms with Gasteiger partial charge in [-0.15, -0.1) is 0 Å². The summed E-state index contributed by atoms with van der Waals surface area (Å²) in [6.45, 7) is 0.588. The van der Waals surface area contributed by atoms with Crippen LogP contribution in [-0.2, 0) is 6.54 Å². The van der Waals surface area contributed by atoms with E-state index < -0.39 is 5.82 Å². The zero-order valence-corrected chi connectivity index (χ0v) is 15.1. The largest absolute Gasteiger partial charge is 0.369 e. The van der Waals surface area contributed by atoms with Crippen LogP contribution in [-0.4, -0.2) is 18.9 Å². The quantitative estimate of drug-likeness (QED) is 0.470. The first-order chi connectivity index (χ1) is 12.6. The molecule has 0 radical (unpaired) electrons. The molecule has 0 spiro atoms. The SMILES string of the molecule is Nc1nc2c(F)cccc2c2nc(Cn3cc4ccc(Br)cc4c3)cn12. The molecule has 2 N–H and O–H groups in total. The van der Waals surface area contributed by atoms with Gasteiger partial charge in [-0.3, -0.25) is 4.40 Å². The van der Waals surface area contributed by atoms with Crippen LogP contribution < -0.4 is 5.73 Å². The van der Waals surface area contributed by atoms with E-state index in [9.17, 15) is 4.39 Å². The van der Waals surface area contributed by atoms with E-state index in [1.54, 1.807) is 16.5 Å². The summed E-state index contributed by atoms with van der Waals surface area (Å²) < 4.78 is 18.9. The number of anilines is 1. The van der Waals surface area contributed by atoms with E-state index in [2.05, 4.69) is 55.0 Å². The number of imidazole rings is 1. The highest BCUT2D eigenvalue weighted by Crippen LogP contribution is 2.24. The number of benzene rings is 2. The fraction of sp³-hybridized carbons (Fsp3) is 0.0526. The standard InChI is InChI=1S/C19H13BrFN5/c20-13-5-4-11-7-25(8-12(11)6-13)9-14-10-26-18(23-14)15-2-1-3-16(21)17(15)24-19(26)22/h1-8,10H,9H2,(H2,22,24). The molecule has 3 aromatic heterocycles. The van der Waals surface area contributed by atoms with Gasteiger partial charge in [0.25, 0.3) is 0 Å². The molecular formula is C19H13BrFN5. The highest BCUT2D eigenvalue weighted by molar-refractivity contribution is 9.10. The Morgan fingerprint density at radius 1 is 1.04 bits per heavy atom. The number of para-hydroxylation sites is 1. The molecule has 0 unspecified atom stereocenters. The zero-order valence-electron chi connectivity index (χ0n) is 13.5. The Morgan fingerprint density at radius 3 is 2.77 bits per heavy atom. The molecule has 0 fully saturated rings. The number of rotatable bonds is 2. The van der Waals surface area contributed by atoms with Crippen LogP contribution in [0.15, 0.2) is 59.5 Å². The number of nitrogen functional groups attached to an aromatic ring is 1. The highest BCUT2D eigenvalue weighted by Gasteiger charge is 2.13. The van der Waals surface area contributed by atoms with Gasteiger partial charge in [-0.05, 0) is 29.7 Å². The first kappa shape index (κ1) is 15.3. The fourth-order valence-electron chi connectivity index (χ4n) is 3.30. The molecule has 2 aromatic carbocycles. The Kier molecular flexibility index (Phi) is 3.27. The minimum Gasteiger partial charge on any atom is -0.369 e. The van der Waals surface area contributed by atoms with Crippen molar-refractivity contribution in [2.45, 2.75) is 6.54 Å². The topological polar surface area (TPSA) is 61.1 Å². The lowest BCUT2D eigenvalue weighted by Crippen LogP contribution is -2.01. The van der Waals surface area contributed by atoms with Gasteiger partial charge >= 0.3 is 0 Å². The van der Waals surface area contributed by atoms with Crippen LogP contribution in [0.4, 0.5) is 10.3 Å². The summed E-state index contributed by atoms with van der Waals surface area (Å²) in [4.78, 5) is 8.85. The number of fused-ring (bicyclic) bond motifs is 4. The van der Waals surface area contributed by atoms with Crippen molar-refractivity contribution in [1.82, 2.24) is 18.9 Å². The predicted octanol–water partition coefficient (Wildman–Crippen LogP) is 4.37. The molecule has 5 aromatic rings. The van der Waals surface area contributed by atoms with E-state index in [1.807, 2.05) is 12.3 Å². The third-order valence-corrected chi connectivity index (χ3v) is 4.95. The molecular weight excluding hydrogens is 397 g/mol. The number of aromatic nitrogens is 4. The summed E-state index contributed by atoms with van der Waals surface area (Å²) in [5, 5.41) is 2.95. The van der Waals surface area contributed by atoms with Crippen molar-refractivity contribution in [3.63, 3.8) is 0 Å². The molecule has 128 valence electrons. The van der Waals surface area contributed by atoms with Gasteiger partial charge < -0.3 is 10.3 Å². The van der Waals surface area contributed by atoms with Gasteiger partial charge in [0.2, 0.25) is 5.95 Å². The molecule has 26 heavy (non-hydrogen) atoms. The van der Waals surface area contributed by atoms with E-state index in [0.29, 0.717) is 17.6 Å². The minimum atomic E-state index is -0.400. The number of hydrogen-bond donors (Lipinski definition) is 1. The number of hydrogen-bond acceptors (Lipinski definition) is 3. The normalized spacial score (nSPS) is 11.8. The van der Waals surface area contributed by atoms with Crippen LogP contribution in [0, 0.1) is 5.82 Å². The lowest BCUT2D eigenvalue weighted by molar-refractivity contribution is 0.636. The van der Waals surface area contributed by atoms with Gasteiger partial charge in [0.15, 0.2) is 0 Å². The summed E-state index contributed by atoms with van der Waals surface area (Å²) in [7, 11) is 0. The lowest BCUT2D eigenvalue weighted by atomic mass is 10.2. The van der Waals surface area contributed by atoms with Crippen molar-refractivity contribution in [3.05, 3.63) is 71.0 Å². The first-order valence-corrected chi connectivity index (χ1v) is 8.84. The minimum absolute atomic E-state index is 0.220. The van der Waals surface area contributed by atoms with E-state index in [1.165, 1.54) is 6.07 Å². The van der Waals surface area contributed by atoms with Crippen molar-refractivity contribution in [3.8, 4) is 0 Å². The molecule has 0 aliphatic carbocycles. The molecule has 0 aliphatic rings. The summed E-state index contributed by atoms with van der Waals surface area (Å²) in [6, 6.07) is 11.0. The maximum absolute atomic E-state index is 14.0. The third kappa shape index (κ3) is 2.35. The Balaban J connectivity index is 1.63. The summed E-state index contributed by atoms with van der Waals surface area (Å²) in [5.41, 5.74) is 7.69. The molecule has 0 aliphatic heterocycles. The molecule has 0 amide bonds. The van der Waals surface area contributed by atoms with Crippen LogP contribution >= 0.6 is 15.9 Å². The zero-order chi connectivity index (χ0) is 17.8. The van der Waals surface area contributed by atoms with Crippen molar-refractivity contribution in [2.24, 2.45) is 0 Å². The van der Waals surface area contributed by atoms with Crippen LogP contribution in [0.5, 0.6) is 0 Å². The molecule has 5 rings (SSSR count). The Bertz CT molecular complexity index is 1300. The van der Waals surface area contributed by atoms with Crippen LogP contribution in [0.25, 0.3) is 27.3 Å². The van der Waals surface area contributed by atoms with Gasteiger partial charge in [0.05, 0.1) is 12.2 Å². The molecule has 3 heterocycles. The second-order valence-corrected chi connectivity index (χ2v) is 7.15. The monoisotopic (exact) mass is 409 g/mol. The second-order valence-electron chi connectivity index (χ2n) is 6.24. The van der Waals surface area contributed by atoms with E-state index in [0.717, 1.165) is 20.9 Å². The summed E-state index contributed by atoms with van der Waals surface area (Å²) in [5.74, 6) is -0.179. The van der Waals surface area contributed by atoms with Crippen LogP contribution in [0.3, 0.4) is 0 Å². The average Bonchev–Trinajstić information content (AvgIpc) is 3.20. The molecule has 5 nitrogen and oxygen atoms in total. The first-order valence-electron chi connectivity index (χ1n) is 8.05. The Morgan fingerprint density at radius 2 is 1.88 bits per heavy atom. The number of nitrogens with two attached hydrogens (primary N) is 1.